The van der Waals surface area contributed by atoms with Crippen molar-refractivity contribution in [1.29, 1.82) is 0 Å². The van der Waals surface area contributed by atoms with Crippen LogP contribution in [0.15, 0.2) is 23.0 Å². The Bertz CT molecular complexity index is 752. The maximum absolute atomic E-state index is 11.8. The van der Waals surface area contributed by atoms with Crippen molar-refractivity contribution in [3.05, 3.63) is 28.7 Å². The van der Waals surface area contributed by atoms with Crippen LogP contribution in [0.5, 0.6) is 0 Å². The first-order chi connectivity index (χ1) is 10.2. The van der Waals surface area contributed by atoms with E-state index in [9.17, 15) is 14.4 Å². The summed E-state index contributed by atoms with van der Waals surface area (Å²) >= 11 is 0. The monoisotopic (exact) mass is 304 g/mol. The lowest BCUT2D eigenvalue weighted by molar-refractivity contribution is -0.125. The number of hydrogen-bond donors (Lipinski definition) is 4. The quantitative estimate of drug-likeness (QED) is 0.684. The lowest BCUT2D eigenvalue weighted by Crippen LogP contribution is -2.34. The Labute approximate surface area is 127 Å². The van der Waals surface area contributed by atoms with E-state index in [0.717, 1.165) is 0 Å². The number of amides is 2. The Hall–Kier alpha value is -2.57. The van der Waals surface area contributed by atoms with Gasteiger partial charge in [-0.05, 0) is 23.6 Å². The fraction of sp³-hybridized carbons (Fsp3) is 0.400. The van der Waals surface area contributed by atoms with E-state index >= 15 is 0 Å². The molecule has 7 nitrogen and oxygen atoms in total. The molecular weight excluding hydrogens is 284 g/mol. The molecule has 1 aromatic carbocycles. The first kappa shape index (κ1) is 15.8. The predicted molar refractivity (Wildman–Crippen MR) is 84.6 cm³/mol. The van der Waals surface area contributed by atoms with Gasteiger partial charge in [0.05, 0.1) is 17.6 Å². The van der Waals surface area contributed by atoms with Crippen molar-refractivity contribution in [3.8, 4) is 0 Å². The number of benzene rings is 1. The average Bonchev–Trinajstić information content (AvgIpc) is 2.74. The third-order valence-corrected chi connectivity index (χ3v) is 2.94. The molecule has 4 N–H and O–H groups in total. The minimum atomic E-state index is -0.320. The Morgan fingerprint density at radius 2 is 1.77 bits per heavy atom. The largest absolute Gasteiger partial charge is 0.347 e. The molecule has 0 aliphatic rings. The zero-order chi connectivity index (χ0) is 16.3. The number of hydrogen-bond acceptors (Lipinski definition) is 3. The van der Waals surface area contributed by atoms with Crippen LogP contribution in [0.4, 0.5) is 5.69 Å². The minimum Gasteiger partial charge on any atom is -0.347 e. The molecule has 0 spiro atoms. The van der Waals surface area contributed by atoms with E-state index < -0.39 is 0 Å². The number of aromatic nitrogens is 2. The van der Waals surface area contributed by atoms with Crippen LogP contribution in [0.1, 0.15) is 27.2 Å². The summed E-state index contributed by atoms with van der Waals surface area (Å²) in [4.78, 5) is 39.9. The van der Waals surface area contributed by atoms with Crippen LogP contribution in [0, 0.1) is 5.41 Å². The molecule has 0 saturated carbocycles. The number of H-pyrrole nitrogens is 2. The summed E-state index contributed by atoms with van der Waals surface area (Å²) in [5, 5.41) is 5.26. The minimum absolute atomic E-state index is 0.0867. The summed E-state index contributed by atoms with van der Waals surface area (Å²) in [7, 11) is 0. The van der Waals surface area contributed by atoms with Crippen LogP contribution in [0.25, 0.3) is 11.0 Å². The molecule has 0 bridgehead atoms. The number of rotatable bonds is 4. The van der Waals surface area contributed by atoms with E-state index in [4.69, 9.17) is 0 Å². The molecule has 22 heavy (non-hydrogen) atoms. The van der Waals surface area contributed by atoms with E-state index in [1.807, 2.05) is 20.8 Å². The van der Waals surface area contributed by atoms with Gasteiger partial charge < -0.3 is 20.6 Å². The van der Waals surface area contributed by atoms with E-state index in [0.29, 0.717) is 23.1 Å². The molecule has 2 aromatic rings. The van der Waals surface area contributed by atoms with E-state index in [1.54, 1.807) is 18.2 Å². The van der Waals surface area contributed by atoms with Gasteiger partial charge in [0, 0.05) is 12.1 Å². The number of imidazole rings is 1. The molecule has 1 heterocycles. The Morgan fingerprint density at radius 3 is 2.45 bits per heavy atom. The number of anilines is 1. The highest BCUT2D eigenvalue weighted by atomic mass is 16.2. The molecule has 118 valence electrons. The highest BCUT2D eigenvalue weighted by molar-refractivity contribution is 5.96. The summed E-state index contributed by atoms with van der Waals surface area (Å²) in [6, 6.07) is 5.03. The topological polar surface area (TPSA) is 107 Å². The molecular formula is C15H20N4O3. The van der Waals surface area contributed by atoms with E-state index in [-0.39, 0.29) is 29.5 Å². The van der Waals surface area contributed by atoms with Gasteiger partial charge in [0.1, 0.15) is 0 Å². The molecule has 2 rings (SSSR count). The van der Waals surface area contributed by atoms with Gasteiger partial charge in [-0.2, -0.15) is 0 Å². The maximum atomic E-state index is 11.8. The van der Waals surface area contributed by atoms with Gasteiger partial charge in [0.2, 0.25) is 11.8 Å². The molecule has 0 aliphatic carbocycles. The van der Waals surface area contributed by atoms with Gasteiger partial charge in [0.25, 0.3) is 0 Å². The van der Waals surface area contributed by atoms with Crippen molar-refractivity contribution in [2.24, 2.45) is 5.41 Å². The average molecular weight is 304 g/mol. The SMILES string of the molecule is CC(C)(C)CC(=O)NCC(=O)Nc1ccc2[nH]c(=O)[nH]c2c1. The van der Waals surface area contributed by atoms with Crippen LogP contribution in [-0.2, 0) is 9.59 Å². The molecule has 0 saturated heterocycles. The summed E-state index contributed by atoms with van der Waals surface area (Å²) < 4.78 is 0. The molecule has 1 aromatic heterocycles. The van der Waals surface area contributed by atoms with Crippen molar-refractivity contribution in [1.82, 2.24) is 15.3 Å². The summed E-state index contributed by atoms with van der Waals surface area (Å²) in [5.41, 5.74) is 1.41. The highest BCUT2D eigenvalue weighted by Gasteiger charge is 2.16. The third kappa shape index (κ3) is 4.47. The van der Waals surface area contributed by atoms with E-state index in [1.165, 1.54) is 0 Å². The fourth-order valence-corrected chi connectivity index (χ4v) is 2.04. The van der Waals surface area contributed by atoms with Gasteiger partial charge in [-0.3, -0.25) is 9.59 Å². The second kappa shape index (κ2) is 6.05. The Balaban J connectivity index is 1.90. The van der Waals surface area contributed by atoms with Crippen molar-refractivity contribution < 1.29 is 9.59 Å². The first-order valence-corrected chi connectivity index (χ1v) is 7.01. The number of carbonyl (C=O) groups is 2. The van der Waals surface area contributed by atoms with Crippen LogP contribution in [0.2, 0.25) is 0 Å². The number of nitrogens with one attached hydrogen (secondary N) is 4. The molecule has 0 aliphatic heterocycles. The van der Waals surface area contributed by atoms with Gasteiger partial charge in [-0.1, -0.05) is 20.8 Å². The fourth-order valence-electron chi connectivity index (χ4n) is 2.04. The molecule has 0 radical (unpaired) electrons. The second-order valence-electron chi connectivity index (χ2n) is 6.40. The standard InChI is InChI=1S/C15H20N4O3/c1-15(2,3)7-12(20)16-8-13(21)17-9-4-5-10-11(6-9)19-14(22)18-10/h4-6H,7-8H2,1-3H3,(H,16,20)(H,17,21)(H2,18,19,22). The van der Waals surface area contributed by atoms with Crippen molar-refractivity contribution in [2.75, 3.05) is 11.9 Å². The van der Waals surface area contributed by atoms with Crippen molar-refractivity contribution in [2.45, 2.75) is 27.2 Å². The lowest BCUT2D eigenvalue weighted by Gasteiger charge is -2.17. The summed E-state index contributed by atoms with van der Waals surface area (Å²) in [6.07, 6.45) is 0.358. The molecule has 0 unspecified atom stereocenters. The third-order valence-electron chi connectivity index (χ3n) is 2.94. The molecule has 7 heteroatoms. The van der Waals surface area contributed by atoms with Gasteiger partial charge in [0.15, 0.2) is 0 Å². The van der Waals surface area contributed by atoms with E-state index in [2.05, 4.69) is 20.6 Å². The van der Waals surface area contributed by atoms with Gasteiger partial charge in [-0.15, -0.1) is 0 Å². The molecule has 0 fully saturated rings. The van der Waals surface area contributed by atoms with Crippen molar-refractivity contribution >= 4 is 28.5 Å². The Kier molecular flexibility index (Phi) is 4.35. The van der Waals surface area contributed by atoms with Crippen LogP contribution in [-0.4, -0.2) is 28.3 Å². The number of fused-ring (bicyclic) bond motifs is 1. The first-order valence-electron chi connectivity index (χ1n) is 7.01. The summed E-state index contributed by atoms with van der Waals surface area (Å²) in [6.45, 7) is 5.79. The Morgan fingerprint density at radius 1 is 1.09 bits per heavy atom. The predicted octanol–water partition coefficient (Wildman–Crippen LogP) is 1.35. The smallest absolute Gasteiger partial charge is 0.323 e. The van der Waals surface area contributed by atoms with Crippen LogP contribution in [0.3, 0.4) is 0 Å². The number of aromatic amines is 2. The van der Waals surface area contributed by atoms with Crippen LogP contribution < -0.4 is 16.3 Å². The zero-order valence-corrected chi connectivity index (χ0v) is 12.9. The number of carbonyl (C=O) groups excluding carboxylic acids is 2. The normalized spacial score (nSPS) is 11.4. The van der Waals surface area contributed by atoms with Gasteiger partial charge >= 0.3 is 5.69 Å². The highest BCUT2D eigenvalue weighted by Crippen LogP contribution is 2.17. The van der Waals surface area contributed by atoms with Crippen LogP contribution >= 0.6 is 0 Å². The lowest BCUT2D eigenvalue weighted by atomic mass is 9.92. The van der Waals surface area contributed by atoms with Crippen molar-refractivity contribution in [3.63, 3.8) is 0 Å². The maximum Gasteiger partial charge on any atom is 0.323 e. The second-order valence-corrected chi connectivity index (χ2v) is 6.40. The molecule has 0 atom stereocenters. The van der Waals surface area contributed by atoms with Gasteiger partial charge in [-0.25, -0.2) is 4.79 Å². The summed E-state index contributed by atoms with van der Waals surface area (Å²) in [5.74, 6) is -0.479. The zero-order valence-electron chi connectivity index (χ0n) is 12.9. The molecule has 2 amide bonds.